The monoisotopic (exact) mass is 254 g/mol. The van der Waals surface area contributed by atoms with Crippen LogP contribution in [0.25, 0.3) is 0 Å². The van der Waals surface area contributed by atoms with Gasteiger partial charge in [0.15, 0.2) is 0 Å². The van der Waals surface area contributed by atoms with Gasteiger partial charge in [0.25, 0.3) is 0 Å². The molecule has 2 aliphatic rings. The second-order valence-electron chi connectivity index (χ2n) is 6.27. The minimum absolute atomic E-state index is 0.104. The molecule has 2 N–H and O–H groups in total. The predicted octanol–water partition coefficient (Wildman–Crippen LogP) is 1.98. The molecule has 1 aliphatic carbocycles. The van der Waals surface area contributed by atoms with E-state index in [0.29, 0.717) is 11.3 Å². The average molecular weight is 254 g/mol. The number of carbonyl (C=O) groups is 1. The van der Waals surface area contributed by atoms with Crippen molar-refractivity contribution in [3.05, 3.63) is 0 Å². The molecule has 104 valence electrons. The third kappa shape index (κ3) is 3.87. The first-order valence-electron chi connectivity index (χ1n) is 7.27. The van der Waals surface area contributed by atoms with Crippen LogP contribution in [-0.4, -0.2) is 42.3 Å². The van der Waals surface area contributed by atoms with Gasteiger partial charge in [-0.15, -0.1) is 0 Å². The van der Waals surface area contributed by atoms with Crippen molar-refractivity contribution in [3.63, 3.8) is 0 Å². The largest absolute Gasteiger partial charge is 0.396 e. The summed E-state index contributed by atoms with van der Waals surface area (Å²) in [7, 11) is 0. The number of carbonyl (C=O) groups excluding carboxylic acids is 1. The lowest BCUT2D eigenvalue weighted by Gasteiger charge is -2.22. The molecule has 0 spiro atoms. The zero-order chi connectivity index (χ0) is 13.0. The van der Waals surface area contributed by atoms with Crippen LogP contribution in [0.2, 0.25) is 0 Å². The molecule has 0 bridgehead atoms. The minimum atomic E-state index is 0.104. The Morgan fingerprint density at radius 2 is 2.17 bits per heavy atom. The van der Waals surface area contributed by atoms with E-state index in [1.54, 1.807) is 0 Å². The van der Waals surface area contributed by atoms with Gasteiger partial charge in [-0.25, -0.2) is 4.79 Å². The summed E-state index contributed by atoms with van der Waals surface area (Å²) >= 11 is 0. The van der Waals surface area contributed by atoms with Gasteiger partial charge in [0, 0.05) is 26.2 Å². The van der Waals surface area contributed by atoms with Gasteiger partial charge in [0.05, 0.1) is 0 Å². The molecule has 0 aromatic heterocycles. The van der Waals surface area contributed by atoms with Crippen LogP contribution in [0.4, 0.5) is 4.79 Å². The molecule has 2 fully saturated rings. The van der Waals surface area contributed by atoms with Gasteiger partial charge in [-0.2, -0.15) is 0 Å². The van der Waals surface area contributed by atoms with E-state index >= 15 is 0 Å². The van der Waals surface area contributed by atoms with Crippen molar-refractivity contribution >= 4 is 6.03 Å². The first-order valence-corrected chi connectivity index (χ1v) is 7.27. The van der Waals surface area contributed by atoms with E-state index in [1.807, 2.05) is 4.90 Å². The van der Waals surface area contributed by atoms with E-state index in [-0.39, 0.29) is 12.6 Å². The Hall–Kier alpha value is -0.770. The van der Waals surface area contributed by atoms with Crippen LogP contribution in [-0.2, 0) is 0 Å². The van der Waals surface area contributed by atoms with Crippen LogP contribution in [0, 0.1) is 11.3 Å². The fourth-order valence-electron chi connectivity index (χ4n) is 2.63. The summed E-state index contributed by atoms with van der Waals surface area (Å²) in [5.41, 5.74) is 0.376. The molecule has 1 saturated heterocycles. The number of urea groups is 1. The highest BCUT2D eigenvalue weighted by molar-refractivity contribution is 5.74. The van der Waals surface area contributed by atoms with Crippen molar-refractivity contribution in [1.29, 1.82) is 0 Å². The molecule has 18 heavy (non-hydrogen) atoms. The Kier molecular flexibility index (Phi) is 4.49. The number of hydrogen-bond donors (Lipinski definition) is 2. The first-order chi connectivity index (χ1) is 8.63. The molecule has 1 heterocycles. The standard InChI is InChI=1S/C14H26N2O2/c1-14(6-7-14)11-15-13(18)16-8-2-3-12(4-9-16)5-10-17/h12,17H,2-11H2,1H3,(H,15,18). The van der Waals surface area contributed by atoms with Gasteiger partial charge >= 0.3 is 6.03 Å². The zero-order valence-corrected chi connectivity index (χ0v) is 11.5. The molecule has 1 aliphatic heterocycles. The number of likely N-dealkylation sites (tertiary alicyclic amines) is 1. The highest BCUT2D eigenvalue weighted by atomic mass is 16.3. The first kappa shape index (κ1) is 13.7. The molecule has 4 nitrogen and oxygen atoms in total. The summed E-state index contributed by atoms with van der Waals surface area (Å²) in [6.45, 7) is 5.03. The molecule has 1 unspecified atom stereocenters. The number of amides is 2. The topological polar surface area (TPSA) is 52.6 Å². The van der Waals surface area contributed by atoms with Crippen molar-refractivity contribution in [3.8, 4) is 0 Å². The SMILES string of the molecule is CC1(CNC(=O)N2CCCC(CCO)CC2)CC1. The van der Waals surface area contributed by atoms with E-state index in [4.69, 9.17) is 5.11 Å². The normalized spacial score (nSPS) is 26.6. The quantitative estimate of drug-likeness (QED) is 0.806. The lowest BCUT2D eigenvalue weighted by molar-refractivity contribution is 0.196. The van der Waals surface area contributed by atoms with Crippen LogP contribution in [0.15, 0.2) is 0 Å². The molecule has 0 aromatic rings. The number of nitrogens with zero attached hydrogens (tertiary/aromatic N) is 1. The van der Waals surface area contributed by atoms with E-state index in [1.165, 1.54) is 12.8 Å². The summed E-state index contributed by atoms with van der Waals surface area (Å²) in [4.78, 5) is 14.0. The molecule has 0 radical (unpaired) electrons. The zero-order valence-electron chi connectivity index (χ0n) is 11.5. The highest BCUT2D eigenvalue weighted by Crippen LogP contribution is 2.44. The maximum absolute atomic E-state index is 12.1. The van der Waals surface area contributed by atoms with Gasteiger partial charge in [0.2, 0.25) is 0 Å². The van der Waals surface area contributed by atoms with E-state index in [9.17, 15) is 4.79 Å². The van der Waals surface area contributed by atoms with E-state index < -0.39 is 0 Å². The van der Waals surface area contributed by atoms with Crippen molar-refractivity contribution in [2.45, 2.75) is 45.4 Å². The second-order valence-corrected chi connectivity index (χ2v) is 6.27. The molecule has 0 aromatic carbocycles. The van der Waals surface area contributed by atoms with Gasteiger partial charge in [0.1, 0.15) is 0 Å². The van der Waals surface area contributed by atoms with Crippen LogP contribution < -0.4 is 5.32 Å². The van der Waals surface area contributed by atoms with Crippen molar-refractivity contribution < 1.29 is 9.90 Å². The Morgan fingerprint density at radius 1 is 1.39 bits per heavy atom. The van der Waals surface area contributed by atoms with E-state index in [2.05, 4.69) is 12.2 Å². The lowest BCUT2D eigenvalue weighted by Crippen LogP contribution is -2.42. The number of nitrogens with one attached hydrogen (secondary N) is 1. The summed E-state index contributed by atoms with van der Waals surface area (Å²) in [6, 6.07) is 0.104. The molecular weight excluding hydrogens is 228 g/mol. The molecule has 2 amide bonds. The average Bonchev–Trinajstić information content (AvgIpc) is 3.12. The Labute approximate surface area is 110 Å². The summed E-state index contributed by atoms with van der Waals surface area (Å²) in [6.07, 6.45) is 6.61. The van der Waals surface area contributed by atoms with Crippen LogP contribution in [0.3, 0.4) is 0 Å². The van der Waals surface area contributed by atoms with Crippen molar-refractivity contribution in [2.24, 2.45) is 11.3 Å². The second kappa shape index (κ2) is 5.91. The highest BCUT2D eigenvalue weighted by Gasteiger charge is 2.37. The van der Waals surface area contributed by atoms with Crippen molar-refractivity contribution in [2.75, 3.05) is 26.2 Å². The van der Waals surface area contributed by atoms with Crippen LogP contribution in [0.5, 0.6) is 0 Å². The number of hydrogen-bond acceptors (Lipinski definition) is 2. The lowest BCUT2D eigenvalue weighted by atomic mass is 9.98. The van der Waals surface area contributed by atoms with E-state index in [0.717, 1.165) is 45.3 Å². The Balaban J connectivity index is 1.72. The number of aliphatic hydroxyl groups is 1. The van der Waals surface area contributed by atoms with Gasteiger partial charge in [-0.3, -0.25) is 0 Å². The maximum Gasteiger partial charge on any atom is 0.317 e. The third-order valence-corrected chi connectivity index (χ3v) is 4.44. The summed E-state index contributed by atoms with van der Waals surface area (Å²) in [5.74, 6) is 0.591. The smallest absolute Gasteiger partial charge is 0.317 e. The fraction of sp³-hybridized carbons (Fsp3) is 0.929. The molecule has 1 saturated carbocycles. The summed E-state index contributed by atoms with van der Waals surface area (Å²) in [5, 5.41) is 12.0. The number of rotatable bonds is 4. The van der Waals surface area contributed by atoms with Crippen LogP contribution in [0.1, 0.15) is 45.4 Å². The minimum Gasteiger partial charge on any atom is -0.396 e. The van der Waals surface area contributed by atoms with Crippen LogP contribution >= 0.6 is 0 Å². The van der Waals surface area contributed by atoms with Gasteiger partial charge < -0.3 is 15.3 Å². The predicted molar refractivity (Wildman–Crippen MR) is 71.4 cm³/mol. The molecular formula is C14H26N2O2. The fourth-order valence-corrected chi connectivity index (χ4v) is 2.63. The molecule has 2 rings (SSSR count). The third-order valence-electron chi connectivity index (χ3n) is 4.44. The van der Waals surface area contributed by atoms with Gasteiger partial charge in [-0.1, -0.05) is 6.92 Å². The van der Waals surface area contributed by atoms with Gasteiger partial charge in [-0.05, 0) is 49.9 Å². The molecule has 4 heteroatoms. The molecule has 1 atom stereocenters. The summed E-state index contributed by atoms with van der Waals surface area (Å²) < 4.78 is 0. The number of aliphatic hydroxyl groups excluding tert-OH is 1. The Bertz CT molecular complexity index is 290. The maximum atomic E-state index is 12.1. The van der Waals surface area contributed by atoms with Crippen molar-refractivity contribution in [1.82, 2.24) is 10.2 Å². The Morgan fingerprint density at radius 3 is 2.83 bits per heavy atom.